The van der Waals surface area contributed by atoms with E-state index in [0.717, 1.165) is 19.0 Å². The Hall–Kier alpha value is -0.130. The molecule has 0 aliphatic carbocycles. The Morgan fingerprint density at radius 3 is 2.32 bits per heavy atom. The number of hydrogen-bond donors (Lipinski definition) is 1. The van der Waals surface area contributed by atoms with E-state index in [9.17, 15) is 0 Å². The van der Waals surface area contributed by atoms with Crippen LogP contribution >= 0.6 is 22.6 Å². The zero-order valence-corrected chi connectivity index (χ0v) is 14.2. The third kappa shape index (κ3) is 4.72. The molecule has 0 unspecified atom stereocenters. The largest absolute Gasteiger partial charge is 0.314 e. The van der Waals surface area contributed by atoms with Crippen LogP contribution in [0.1, 0.15) is 38.3 Å². The summed E-state index contributed by atoms with van der Waals surface area (Å²) in [4.78, 5) is 2.65. The summed E-state index contributed by atoms with van der Waals surface area (Å²) < 4.78 is 1.32. The van der Waals surface area contributed by atoms with E-state index < -0.39 is 0 Å². The van der Waals surface area contributed by atoms with Crippen molar-refractivity contribution in [2.24, 2.45) is 5.92 Å². The van der Waals surface area contributed by atoms with Crippen LogP contribution in [0.5, 0.6) is 0 Å². The van der Waals surface area contributed by atoms with E-state index >= 15 is 0 Å². The van der Waals surface area contributed by atoms with Crippen molar-refractivity contribution < 1.29 is 0 Å². The monoisotopic (exact) mass is 372 g/mol. The summed E-state index contributed by atoms with van der Waals surface area (Å²) in [6.07, 6.45) is 2.58. The average molecular weight is 372 g/mol. The van der Waals surface area contributed by atoms with E-state index in [-0.39, 0.29) is 0 Å². The molecule has 1 aliphatic rings. The predicted molar refractivity (Wildman–Crippen MR) is 90.4 cm³/mol. The van der Waals surface area contributed by atoms with Crippen molar-refractivity contribution in [2.45, 2.75) is 32.7 Å². The van der Waals surface area contributed by atoms with E-state index in [1.54, 1.807) is 0 Å². The van der Waals surface area contributed by atoms with Gasteiger partial charge in [0.15, 0.2) is 0 Å². The van der Waals surface area contributed by atoms with Crippen molar-refractivity contribution in [1.82, 2.24) is 10.2 Å². The molecule has 2 nitrogen and oxygen atoms in total. The molecule has 0 spiro atoms. The van der Waals surface area contributed by atoms with Crippen molar-refractivity contribution in [3.63, 3.8) is 0 Å². The molecule has 3 heteroatoms. The first-order valence-electron chi connectivity index (χ1n) is 7.37. The number of hydrogen-bond acceptors (Lipinski definition) is 2. The minimum atomic E-state index is 0.599. The van der Waals surface area contributed by atoms with E-state index in [4.69, 9.17) is 0 Å². The van der Waals surface area contributed by atoms with Crippen LogP contribution < -0.4 is 5.32 Å². The highest BCUT2D eigenvalue weighted by Crippen LogP contribution is 2.28. The van der Waals surface area contributed by atoms with Crippen molar-refractivity contribution in [2.75, 3.05) is 26.2 Å². The fraction of sp³-hybridized carbons (Fsp3) is 0.625. The van der Waals surface area contributed by atoms with Crippen LogP contribution in [0.3, 0.4) is 0 Å². The molecule has 0 radical (unpaired) electrons. The number of rotatable bonds is 5. The molecule has 1 aliphatic heterocycles. The molecule has 1 atom stereocenters. The maximum absolute atomic E-state index is 3.45. The van der Waals surface area contributed by atoms with Gasteiger partial charge in [-0.2, -0.15) is 0 Å². The van der Waals surface area contributed by atoms with Gasteiger partial charge < -0.3 is 5.32 Å². The SMILES string of the molecule is CC(C)CC[C@H](c1ccc(I)cc1)N1CCNCC1. The third-order valence-corrected chi connectivity index (χ3v) is 4.58. The van der Waals surface area contributed by atoms with E-state index in [1.165, 1.54) is 35.1 Å². The molecule has 0 amide bonds. The Morgan fingerprint density at radius 1 is 1.11 bits per heavy atom. The number of benzene rings is 1. The van der Waals surface area contributed by atoms with Gasteiger partial charge in [0.05, 0.1) is 0 Å². The standard InChI is InChI=1S/C16H25IN2/c1-13(2)3-8-16(19-11-9-18-10-12-19)14-4-6-15(17)7-5-14/h4-7,13,16,18H,3,8-12H2,1-2H3/t16-/m1/s1. The topological polar surface area (TPSA) is 15.3 Å². The lowest BCUT2D eigenvalue weighted by molar-refractivity contribution is 0.160. The van der Waals surface area contributed by atoms with Gasteiger partial charge in [0.2, 0.25) is 0 Å². The van der Waals surface area contributed by atoms with Crippen LogP contribution in [-0.2, 0) is 0 Å². The van der Waals surface area contributed by atoms with Gasteiger partial charge in [0, 0.05) is 35.8 Å². The lowest BCUT2D eigenvalue weighted by atomic mass is 9.96. The summed E-state index contributed by atoms with van der Waals surface area (Å²) in [6, 6.07) is 9.70. The number of nitrogens with one attached hydrogen (secondary N) is 1. The third-order valence-electron chi connectivity index (χ3n) is 3.86. The highest BCUT2D eigenvalue weighted by molar-refractivity contribution is 14.1. The van der Waals surface area contributed by atoms with Crippen molar-refractivity contribution in [3.8, 4) is 0 Å². The second-order valence-electron chi connectivity index (χ2n) is 5.82. The van der Waals surface area contributed by atoms with Crippen LogP contribution in [0, 0.1) is 9.49 Å². The minimum absolute atomic E-state index is 0.599. The Morgan fingerprint density at radius 2 is 1.74 bits per heavy atom. The molecule has 19 heavy (non-hydrogen) atoms. The molecule has 0 bridgehead atoms. The molecular weight excluding hydrogens is 347 g/mol. The second kappa shape index (κ2) is 7.60. The summed E-state index contributed by atoms with van der Waals surface area (Å²) in [5.41, 5.74) is 1.49. The van der Waals surface area contributed by atoms with Gasteiger partial charge in [-0.15, -0.1) is 0 Å². The number of halogens is 1. The summed E-state index contributed by atoms with van der Waals surface area (Å²) in [6.45, 7) is 9.25. The predicted octanol–water partition coefficient (Wildman–Crippen LogP) is 3.67. The number of piperazine rings is 1. The van der Waals surface area contributed by atoms with E-state index in [2.05, 4.69) is 70.9 Å². The lowest BCUT2D eigenvalue weighted by Crippen LogP contribution is -2.45. The van der Waals surface area contributed by atoms with Crippen LogP contribution in [0.2, 0.25) is 0 Å². The summed E-state index contributed by atoms with van der Waals surface area (Å²) in [5, 5.41) is 3.45. The number of nitrogens with zero attached hydrogens (tertiary/aromatic N) is 1. The molecular formula is C16H25IN2. The van der Waals surface area contributed by atoms with Gasteiger partial charge in [-0.1, -0.05) is 26.0 Å². The molecule has 1 aromatic rings. The van der Waals surface area contributed by atoms with Gasteiger partial charge in [0.1, 0.15) is 0 Å². The van der Waals surface area contributed by atoms with Crippen LogP contribution in [0.25, 0.3) is 0 Å². The highest BCUT2D eigenvalue weighted by Gasteiger charge is 2.22. The fourth-order valence-electron chi connectivity index (χ4n) is 2.73. The van der Waals surface area contributed by atoms with Gasteiger partial charge in [-0.25, -0.2) is 0 Å². The van der Waals surface area contributed by atoms with Gasteiger partial charge in [-0.05, 0) is 59.0 Å². The smallest absolute Gasteiger partial charge is 0.0349 e. The second-order valence-corrected chi connectivity index (χ2v) is 7.07. The van der Waals surface area contributed by atoms with Gasteiger partial charge in [-0.3, -0.25) is 4.90 Å². The Balaban J connectivity index is 2.10. The lowest BCUT2D eigenvalue weighted by Gasteiger charge is -2.35. The Kier molecular flexibility index (Phi) is 6.10. The maximum atomic E-state index is 3.45. The summed E-state index contributed by atoms with van der Waals surface area (Å²) in [7, 11) is 0. The van der Waals surface area contributed by atoms with Crippen molar-refractivity contribution in [3.05, 3.63) is 33.4 Å². The quantitative estimate of drug-likeness (QED) is 0.794. The first-order chi connectivity index (χ1) is 9.16. The molecule has 0 aromatic heterocycles. The molecule has 1 aromatic carbocycles. The zero-order chi connectivity index (χ0) is 13.7. The molecule has 0 saturated carbocycles. The zero-order valence-electron chi connectivity index (χ0n) is 12.0. The van der Waals surface area contributed by atoms with Crippen LogP contribution in [0.4, 0.5) is 0 Å². The molecule has 2 rings (SSSR count). The molecule has 106 valence electrons. The molecule has 1 saturated heterocycles. The average Bonchev–Trinajstić information content (AvgIpc) is 2.42. The first kappa shape index (κ1) is 15.3. The Labute approximate surface area is 131 Å². The maximum Gasteiger partial charge on any atom is 0.0349 e. The Bertz CT molecular complexity index is 369. The van der Waals surface area contributed by atoms with E-state index in [1.807, 2.05) is 0 Å². The fourth-order valence-corrected chi connectivity index (χ4v) is 3.09. The van der Waals surface area contributed by atoms with Crippen LogP contribution in [-0.4, -0.2) is 31.1 Å². The van der Waals surface area contributed by atoms with Gasteiger partial charge >= 0.3 is 0 Å². The molecule has 1 fully saturated rings. The van der Waals surface area contributed by atoms with Crippen LogP contribution in [0.15, 0.2) is 24.3 Å². The van der Waals surface area contributed by atoms with Crippen molar-refractivity contribution in [1.29, 1.82) is 0 Å². The normalized spacial score (nSPS) is 18.7. The first-order valence-corrected chi connectivity index (χ1v) is 8.45. The van der Waals surface area contributed by atoms with Gasteiger partial charge in [0.25, 0.3) is 0 Å². The van der Waals surface area contributed by atoms with Crippen molar-refractivity contribution >= 4 is 22.6 Å². The van der Waals surface area contributed by atoms with E-state index in [0.29, 0.717) is 6.04 Å². The summed E-state index contributed by atoms with van der Waals surface area (Å²) in [5.74, 6) is 0.786. The molecule has 1 heterocycles. The summed E-state index contributed by atoms with van der Waals surface area (Å²) >= 11 is 2.38. The minimum Gasteiger partial charge on any atom is -0.314 e. The highest BCUT2D eigenvalue weighted by atomic mass is 127. The molecule has 1 N–H and O–H groups in total.